The minimum atomic E-state index is 1.03. The number of aryl methyl sites for hydroxylation is 1. The van der Waals surface area contributed by atoms with Gasteiger partial charge in [0.25, 0.3) is 0 Å². The number of rotatable bonds is 3. The lowest BCUT2D eigenvalue weighted by atomic mass is 10.1. The zero-order valence-electron chi connectivity index (χ0n) is 12.2. The molecule has 2 heteroatoms. The molecule has 0 aliphatic carbocycles. The Morgan fingerprint density at radius 3 is 1.90 bits per heavy atom. The SMILES string of the molecule is CSc1cc(-c2ccccc2)nc(-c2ccc(C)cc2)c1. The van der Waals surface area contributed by atoms with Gasteiger partial charge in [0.05, 0.1) is 11.4 Å². The Bertz CT molecular complexity index is 733. The summed E-state index contributed by atoms with van der Waals surface area (Å²) in [7, 11) is 0. The van der Waals surface area contributed by atoms with Gasteiger partial charge in [-0.2, -0.15) is 0 Å². The zero-order valence-corrected chi connectivity index (χ0v) is 13.0. The minimum Gasteiger partial charge on any atom is -0.248 e. The van der Waals surface area contributed by atoms with Crippen LogP contribution >= 0.6 is 11.8 Å². The van der Waals surface area contributed by atoms with E-state index < -0.39 is 0 Å². The molecule has 1 nitrogen and oxygen atoms in total. The van der Waals surface area contributed by atoms with Gasteiger partial charge in [-0.05, 0) is 25.3 Å². The van der Waals surface area contributed by atoms with Gasteiger partial charge in [-0.25, -0.2) is 4.98 Å². The van der Waals surface area contributed by atoms with Crippen LogP contribution in [0.15, 0.2) is 71.6 Å². The average molecular weight is 291 g/mol. The van der Waals surface area contributed by atoms with Crippen molar-refractivity contribution in [2.45, 2.75) is 11.8 Å². The predicted molar refractivity (Wildman–Crippen MR) is 91.6 cm³/mol. The molecule has 0 fully saturated rings. The van der Waals surface area contributed by atoms with E-state index >= 15 is 0 Å². The molecule has 0 bridgehead atoms. The molecule has 1 aromatic heterocycles. The first-order chi connectivity index (χ1) is 10.3. The predicted octanol–water partition coefficient (Wildman–Crippen LogP) is 5.45. The minimum absolute atomic E-state index is 1.03. The molecule has 0 saturated carbocycles. The van der Waals surface area contributed by atoms with Crippen LogP contribution < -0.4 is 0 Å². The summed E-state index contributed by atoms with van der Waals surface area (Å²) in [5.41, 5.74) is 5.64. The molecular formula is C19H17NS. The summed E-state index contributed by atoms with van der Waals surface area (Å²) in [5, 5.41) is 0. The molecular weight excluding hydrogens is 274 g/mol. The monoisotopic (exact) mass is 291 g/mol. The first-order valence-electron chi connectivity index (χ1n) is 6.95. The molecule has 1 heterocycles. The second-order valence-corrected chi connectivity index (χ2v) is 5.89. The van der Waals surface area contributed by atoms with Crippen molar-refractivity contribution in [3.63, 3.8) is 0 Å². The molecule has 21 heavy (non-hydrogen) atoms. The Hall–Kier alpha value is -2.06. The second-order valence-electron chi connectivity index (χ2n) is 5.01. The quantitative estimate of drug-likeness (QED) is 0.595. The van der Waals surface area contributed by atoms with Crippen LogP contribution in [0.4, 0.5) is 0 Å². The van der Waals surface area contributed by atoms with E-state index in [2.05, 4.69) is 61.7 Å². The first kappa shape index (κ1) is 13.9. The van der Waals surface area contributed by atoms with E-state index in [9.17, 15) is 0 Å². The van der Waals surface area contributed by atoms with Crippen LogP contribution in [-0.2, 0) is 0 Å². The summed E-state index contributed by atoms with van der Waals surface area (Å²) in [5.74, 6) is 0. The Balaban J connectivity index is 2.11. The topological polar surface area (TPSA) is 12.9 Å². The summed E-state index contributed by atoms with van der Waals surface area (Å²) in [6.07, 6.45) is 2.10. The van der Waals surface area contributed by atoms with Gasteiger partial charge in [0.2, 0.25) is 0 Å². The van der Waals surface area contributed by atoms with Gasteiger partial charge in [0.15, 0.2) is 0 Å². The number of thioether (sulfide) groups is 1. The van der Waals surface area contributed by atoms with Crippen LogP contribution in [0.1, 0.15) is 5.56 Å². The highest BCUT2D eigenvalue weighted by atomic mass is 32.2. The fraction of sp³-hybridized carbons (Fsp3) is 0.105. The number of nitrogens with zero attached hydrogens (tertiary/aromatic N) is 1. The Labute approximate surface area is 130 Å². The lowest BCUT2D eigenvalue weighted by Crippen LogP contribution is -1.90. The number of aromatic nitrogens is 1. The molecule has 0 N–H and O–H groups in total. The average Bonchev–Trinajstić information content (AvgIpc) is 2.56. The molecule has 0 aliphatic rings. The van der Waals surface area contributed by atoms with Gasteiger partial charge in [-0.1, -0.05) is 60.2 Å². The van der Waals surface area contributed by atoms with E-state index in [0.717, 1.165) is 22.5 Å². The smallest absolute Gasteiger partial charge is 0.0720 e. The summed E-state index contributed by atoms with van der Waals surface area (Å²) in [6, 6.07) is 23.2. The molecule has 0 aliphatic heterocycles. The second kappa shape index (κ2) is 6.15. The fourth-order valence-corrected chi connectivity index (χ4v) is 2.71. The van der Waals surface area contributed by atoms with Crippen molar-refractivity contribution < 1.29 is 0 Å². The van der Waals surface area contributed by atoms with E-state index in [1.54, 1.807) is 11.8 Å². The number of hydrogen-bond acceptors (Lipinski definition) is 2. The summed E-state index contributed by atoms with van der Waals surface area (Å²) in [6.45, 7) is 2.10. The van der Waals surface area contributed by atoms with Crippen LogP contribution in [0.5, 0.6) is 0 Å². The highest BCUT2D eigenvalue weighted by Crippen LogP contribution is 2.28. The van der Waals surface area contributed by atoms with Crippen molar-refractivity contribution in [3.05, 3.63) is 72.3 Å². The van der Waals surface area contributed by atoms with Gasteiger partial charge < -0.3 is 0 Å². The maximum absolute atomic E-state index is 4.84. The van der Waals surface area contributed by atoms with E-state index in [1.807, 2.05) is 18.2 Å². The molecule has 0 spiro atoms. The first-order valence-corrected chi connectivity index (χ1v) is 8.17. The van der Waals surface area contributed by atoms with Crippen molar-refractivity contribution in [1.29, 1.82) is 0 Å². The number of benzene rings is 2. The van der Waals surface area contributed by atoms with Crippen molar-refractivity contribution in [1.82, 2.24) is 4.98 Å². The number of pyridine rings is 1. The van der Waals surface area contributed by atoms with E-state index in [4.69, 9.17) is 4.98 Å². The van der Waals surface area contributed by atoms with Crippen molar-refractivity contribution in [3.8, 4) is 22.5 Å². The molecule has 3 aromatic rings. The van der Waals surface area contributed by atoms with Gasteiger partial charge in [-0.3, -0.25) is 0 Å². The Morgan fingerprint density at radius 1 is 0.762 bits per heavy atom. The van der Waals surface area contributed by atoms with Crippen LogP contribution in [0, 0.1) is 6.92 Å². The van der Waals surface area contributed by atoms with Crippen molar-refractivity contribution >= 4 is 11.8 Å². The molecule has 2 aromatic carbocycles. The molecule has 0 radical (unpaired) electrons. The molecule has 0 saturated heterocycles. The van der Waals surface area contributed by atoms with Crippen molar-refractivity contribution in [2.24, 2.45) is 0 Å². The lowest BCUT2D eigenvalue weighted by molar-refractivity contribution is 1.26. The normalized spacial score (nSPS) is 10.6. The van der Waals surface area contributed by atoms with E-state index in [1.165, 1.54) is 10.5 Å². The van der Waals surface area contributed by atoms with Crippen LogP contribution in [-0.4, -0.2) is 11.2 Å². The van der Waals surface area contributed by atoms with Gasteiger partial charge in [0, 0.05) is 16.0 Å². The molecule has 104 valence electrons. The summed E-state index contributed by atoms with van der Waals surface area (Å²) >= 11 is 1.75. The highest BCUT2D eigenvalue weighted by molar-refractivity contribution is 7.98. The maximum atomic E-state index is 4.84. The third-order valence-corrected chi connectivity index (χ3v) is 4.16. The van der Waals surface area contributed by atoms with Crippen LogP contribution in [0.2, 0.25) is 0 Å². The third kappa shape index (κ3) is 3.17. The molecule has 0 unspecified atom stereocenters. The zero-order chi connectivity index (χ0) is 14.7. The molecule has 3 rings (SSSR count). The van der Waals surface area contributed by atoms with Gasteiger partial charge in [-0.15, -0.1) is 11.8 Å². The Kier molecular flexibility index (Phi) is 4.07. The summed E-state index contributed by atoms with van der Waals surface area (Å²) < 4.78 is 0. The highest BCUT2D eigenvalue weighted by Gasteiger charge is 2.06. The van der Waals surface area contributed by atoms with E-state index in [0.29, 0.717) is 0 Å². The maximum Gasteiger partial charge on any atom is 0.0720 e. The van der Waals surface area contributed by atoms with E-state index in [-0.39, 0.29) is 0 Å². The third-order valence-electron chi connectivity index (χ3n) is 3.45. The fourth-order valence-electron chi connectivity index (χ4n) is 2.25. The largest absolute Gasteiger partial charge is 0.248 e. The van der Waals surface area contributed by atoms with Gasteiger partial charge >= 0.3 is 0 Å². The standard InChI is InChI=1S/C19H17NS/c1-14-8-10-16(11-9-14)19-13-17(21-2)12-18(20-19)15-6-4-3-5-7-15/h3-13H,1-2H3. The lowest BCUT2D eigenvalue weighted by Gasteiger charge is -2.08. The Morgan fingerprint density at radius 2 is 1.33 bits per heavy atom. The summed E-state index contributed by atoms with van der Waals surface area (Å²) in [4.78, 5) is 6.07. The van der Waals surface area contributed by atoms with Crippen LogP contribution in [0.25, 0.3) is 22.5 Å². The van der Waals surface area contributed by atoms with Crippen LogP contribution in [0.3, 0.4) is 0 Å². The molecule has 0 atom stereocenters. The van der Waals surface area contributed by atoms with Gasteiger partial charge in [0.1, 0.15) is 0 Å². The number of hydrogen-bond donors (Lipinski definition) is 0. The molecule has 0 amide bonds. The van der Waals surface area contributed by atoms with Crippen molar-refractivity contribution in [2.75, 3.05) is 6.26 Å².